The molecular weight excluding hydrogens is 272 g/mol. The first-order valence-electron chi connectivity index (χ1n) is 7.07. The number of thioether (sulfide) groups is 1. The number of ether oxygens (including phenoxy) is 2. The maximum Gasteiger partial charge on any atom is 0.169 e. The van der Waals surface area contributed by atoms with Gasteiger partial charge in [0.1, 0.15) is 0 Å². The van der Waals surface area contributed by atoms with Gasteiger partial charge in [0.05, 0.1) is 23.7 Å². The summed E-state index contributed by atoms with van der Waals surface area (Å²) in [6.07, 6.45) is 2.74. The number of benzene rings is 1. The number of methoxy groups -OCH3 is 1. The molecule has 1 aromatic carbocycles. The first-order chi connectivity index (χ1) is 9.88. The zero-order chi connectivity index (χ0) is 13.8. The third kappa shape index (κ3) is 3.00. The van der Waals surface area contributed by atoms with Crippen molar-refractivity contribution in [1.82, 2.24) is 9.55 Å². The molecule has 0 amide bonds. The number of imidazole rings is 1. The van der Waals surface area contributed by atoms with Crippen molar-refractivity contribution in [3.8, 4) is 0 Å². The molecular formula is C15H20N2O2S. The van der Waals surface area contributed by atoms with Crippen LogP contribution in [0.5, 0.6) is 0 Å². The molecule has 2 heterocycles. The molecule has 0 N–H and O–H groups in total. The smallest absolute Gasteiger partial charge is 0.169 e. The van der Waals surface area contributed by atoms with Gasteiger partial charge in [-0.3, -0.25) is 0 Å². The van der Waals surface area contributed by atoms with Crippen molar-refractivity contribution < 1.29 is 9.47 Å². The molecule has 1 atom stereocenters. The summed E-state index contributed by atoms with van der Waals surface area (Å²) in [6.45, 7) is 2.45. The lowest BCUT2D eigenvalue weighted by atomic mass is 10.3. The predicted octanol–water partition coefficient (Wildman–Crippen LogP) is 2.95. The van der Waals surface area contributed by atoms with Crippen LogP contribution in [-0.2, 0) is 16.0 Å². The van der Waals surface area contributed by atoms with Crippen LogP contribution in [0.25, 0.3) is 11.0 Å². The highest BCUT2D eigenvalue weighted by atomic mass is 32.2. The summed E-state index contributed by atoms with van der Waals surface area (Å²) in [5.41, 5.74) is 2.23. The summed E-state index contributed by atoms with van der Waals surface area (Å²) in [5.74, 6) is 0.982. The molecule has 1 fully saturated rings. The second-order valence-electron chi connectivity index (χ2n) is 4.97. The van der Waals surface area contributed by atoms with E-state index in [9.17, 15) is 0 Å². The van der Waals surface area contributed by atoms with Crippen molar-refractivity contribution in [2.75, 3.05) is 26.1 Å². The Morgan fingerprint density at radius 3 is 3.15 bits per heavy atom. The van der Waals surface area contributed by atoms with Gasteiger partial charge in [-0.25, -0.2) is 4.98 Å². The minimum Gasteiger partial charge on any atom is -0.383 e. The molecule has 20 heavy (non-hydrogen) atoms. The molecule has 0 aliphatic carbocycles. The van der Waals surface area contributed by atoms with Crippen LogP contribution < -0.4 is 0 Å². The van der Waals surface area contributed by atoms with Gasteiger partial charge in [0.15, 0.2) is 5.16 Å². The summed E-state index contributed by atoms with van der Waals surface area (Å²) in [4.78, 5) is 4.74. The molecule has 2 aromatic rings. The van der Waals surface area contributed by atoms with Gasteiger partial charge in [-0.2, -0.15) is 0 Å². The van der Waals surface area contributed by atoms with Crippen molar-refractivity contribution in [3.05, 3.63) is 24.3 Å². The molecule has 1 aliphatic heterocycles. The fraction of sp³-hybridized carbons (Fsp3) is 0.533. The van der Waals surface area contributed by atoms with E-state index in [0.717, 1.165) is 29.6 Å². The molecule has 0 spiro atoms. The standard InChI is InChI=1S/C15H20N2O2S/c1-18-10-8-17-14-7-3-2-6-13(14)16-15(17)20-11-12-5-4-9-19-12/h2-3,6-7,12H,4-5,8-11H2,1H3. The van der Waals surface area contributed by atoms with Gasteiger partial charge in [-0.1, -0.05) is 23.9 Å². The minimum atomic E-state index is 0.385. The molecule has 1 aliphatic rings. The van der Waals surface area contributed by atoms with Crippen molar-refractivity contribution in [2.45, 2.75) is 30.6 Å². The lowest BCUT2D eigenvalue weighted by molar-refractivity contribution is 0.129. The average Bonchev–Trinajstić information content (AvgIpc) is 3.10. The Kier molecular flexibility index (Phi) is 4.60. The molecule has 0 saturated carbocycles. The van der Waals surface area contributed by atoms with Gasteiger partial charge in [0.2, 0.25) is 0 Å². The zero-order valence-electron chi connectivity index (χ0n) is 11.7. The van der Waals surface area contributed by atoms with Crippen LogP contribution in [0.2, 0.25) is 0 Å². The van der Waals surface area contributed by atoms with Crippen LogP contribution in [0.4, 0.5) is 0 Å². The second kappa shape index (κ2) is 6.61. The van der Waals surface area contributed by atoms with Crippen molar-refractivity contribution in [1.29, 1.82) is 0 Å². The van der Waals surface area contributed by atoms with Gasteiger partial charge in [-0.15, -0.1) is 0 Å². The molecule has 108 valence electrons. The fourth-order valence-corrected chi connectivity index (χ4v) is 3.61. The number of hydrogen-bond donors (Lipinski definition) is 0. The Hall–Kier alpha value is -1.04. The van der Waals surface area contributed by atoms with E-state index in [-0.39, 0.29) is 0 Å². The number of rotatable bonds is 6. The molecule has 1 unspecified atom stereocenters. The first-order valence-corrected chi connectivity index (χ1v) is 8.05. The largest absolute Gasteiger partial charge is 0.383 e. The number of para-hydroxylation sites is 2. The van der Waals surface area contributed by atoms with E-state index >= 15 is 0 Å². The number of hydrogen-bond acceptors (Lipinski definition) is 4. The summed E-state index contributed by atoms with van der Waals surface area (Å²) in [6, 6.07) is 8.27. The molecule has 1 aromatic heterocycles. The van der Waals surface area contributed by atoms with Gasteiger partial charge in [0, 0.05) is 26.0 Å². The minimum absolute atomic E-state index is 0.385. The average molecular weight is 292 g/mol. The molecule has 1 saturated heterocycles. The molecule has 0 bridgehead atoms. The van der Waals surface area contributed by atoms with Crippen molar-refractivity contribution >= 4 is 22.8 Å². The van der Waals surface area contributed by atoms with Gasteiger partial charge < -0.3 is 14.0 Å². The Balaban J connectivity index is 1.79. The highest BCUT2D eigenvalue weighted by Crippen LogP contribution is 2.27. The van der Waals surface area contributed by atoms with Crippen LogP contribution >= 0.6 is 11.8 Å². The van der Waals surface area contributed by atoms with Crippen LogP contribution in [0.15, 0.2) is 29.4 Å². The quantitative estimate of drug-likeness (QED) is 0.767. The van der Waals surface area contributed by atoms with Crippen LogP contribution in [0.3, 0.4) is 0 Å². The van der Waals surface area contributed by atoms with E-state index in [4.69, 9.17) is 14.5 Å². The third-order valence-electron chi connectivity index (χ3n) is 3.56. The summed E-state index contributed by atoms with van der Waals surface area (Å²) >= 11 is 1.79. The van der Waals surface area contributed by atoms with Crippen LogP contribution in [-0.4, -0.2) is 41.7 Å². The third-order valence-corrected chi connectivity index (χ3v) is 4.67. The monoisotopic (exact) mass is 292 g/mol. The lowest BCUT2D eigenvalue weighted by Crippen LogP contribution is -2.10. The first kappa shape index (κ1) is 13.9. The SMILES string of the molecule is COCCn1c(SCC2CCCO2)nc2ccccc21. The Morgan fingerprint density at radius 2 is 2.35 bits per heavy atom. The Morgan fingerprint density at radius 1 is 1.45 bits per heavy atom. The summed E-state index contributed by atoms with van der Waals surface area (Å²) in [7, 11) is 1.73. The summed E-state index contributed by atoms with van der Waals surface area (Å²) < 4.78 is 13.2. The molecule has 4 nitrogen and oxygen atoms in total. The maximum absolute atomic E-state index is 5.69. The fourth-order valence-electron chi connectivity index (χ4n) is 2.51. The maximum atomic E-state index is 5.69. The Bertz CT molecular complexity index is 564. The van der Waals surface area contributed by atoms with Gasteiger partial charge >= 0.3 is 0 Å². The zero-order valence-corrected chi connectivity index (χ0v) is 12.6. The van der Waals surface area contributed by atoms with E-state index in [0.29, 0.717) is 12.7 Å². The normalized spacial score (nSPS) is 18.9. The van der Waals surface area contributed by atoms with Crippen molar-refractivity contribution in [3.63, 3.8) is 0 Å². The van der Waals surface area contributed by atoms with Crippen LogP contribution in [0.1, 0.15) is 12.8 Å². The highest BCUT2D eigenvalue weighted by molar-refractivity contribution is 7.99. The second-order valence-corrected chi connectivity index (χ2v) is 5.96. The van der Waals surface area contributed by atoms with E-state index in [1.807, 2.05) is 6.07 Å². The van der Waals surface area contributed by atoms with E-state index in [1.54, 1.807) is 18.9 Å². The van der Waals surface area contributed by atoms with Crippen molar-refractivity contribution in [2.24, 2.45) is 0 Å². The number of fused-ring (bicyclic) bond motifs is 1. The molecule has 5 heteroatoms. The number of nitrogens with zero attached hydrogens (tertiary/aromatic N) is 2. The summed E-state index contributed by atoms with van der Waals surface area (Å²) in [5, 5.41) is 1.07. The number of aromatic nitrogens is 2. The van der Waals surface area contributed by atoms with E-state index in [2.05, 4.69) is 22.8 Å². The highest BCUT2D eigenvalue weighted by Gasteiger charge is 2.18. The van der Waals surface area contributed by atoms with E-state index in [1.165, 1.54) is 18.4 Å². The Labute approximate surface area is 123 Å². The topological polar surface area (TPSA) is 36.3 Å². The molecule has 3 rings (SSSR count). The van der Waals surface area contributed by atoms with Crippen LogP contribution in [0, 0.1) is 0 Å². The molecule has 0 radical (unpaired) electrons. The van der Waals surface area contributed by atoms with Gasteiger partial charge in [-0.05, 0) is 25.0 Å². The lowest BCUT2D eigenvalue weighted by Gasteiger charge is -2.10. The van der Waals surface area contributed by atoms with E-state index < -0.39 is 0 Å². The van der Waals surface area contributed by atoms with Gasteiger partial charge in [0.25, 0.3) is 0 Å². The predicted molar refractivity (Wildman–Crippen MR) is 81.3 cm³/mol.